The minimum absolute atomic E-state index is 0.558. The normalized spacial score (nSPS) is 12.2. The molecule has 8 nitrogen and oxygen atoms in total. The van der Waals surface area contributed by atoms with Crippen LogP contribution in [0.5, 0.6) is 23.0 Å². The van der Waals surface area contributed by atoms with E-state index in [2.05, 4.69) is 145 Å². The number of nitrogens with zero attached hydrogens (tertiary/aromatic N) is 2. The molecule has 2 aliphatic rings. The Morgan fingerprint density at radius 1 is 0.448 bits per heavy atom. The minimum Gasteiger partial charge on any atom is -0.478 e. The number of likely N-dealkylation sites (N-methyl/N-ethyl adjacent to an activating group) is 2. The highest BCUT2D eigenvalue weighted by molar-refractivity contribution is 5.90. The summed E-state index contributed by atoms with van der Waals surface area (Å²) in [6, 6.07) is 54.1. The average Bonchev–Trinajstić information content (AvgIpc) is 3.48. The molecule has 8 heteroatoms. The van der Waals surface area contributed by atoms with Crippen molar-refractivity contribution in [3.05, 3.63) is 203 Å². The molecule has 0 amide bonds. The molecule has 0 saturated carbocycles. The molecule has 2 N–H and O–H groups in total. The van der Waals surface area contributed by atoms with Crippen molar-refractivity contribution in [2.45, 2.75) is 13.1 Å². The molecule has 0 bridgehead atoms. The Labute approximate surface area is 339 Å². The topological polar surface area (TPSA) is 99.5 Å². The van der Waals surface area contributed by atoms with Gasteiger partial charge in [-0.25, -0.2) is 9.59 Å². The Kier molecular flexibility index (Phi) is 14.2. The van der Waals surface area contributed by atoms with Crippen molar-refractivity contribution in [1.82, 2.24) is 9.80 Å². The summed E-state index contributed by atoms with van der Waals surface area (Å²) in [5, 5.41) is 15.6. The zero-order chi connectivity index (χ0) is 40.7. The molecule has 6 aromatic rings. The van der Waals surface area contributed by atoms with Gasteiger partial charge in [0.15, 0.2) is 0 Å². The Balaban J connectivity index is 0.000000165. The van der Waals surface area contributed by atoms with Crippen molar-refractivity contribution in [1.29, 1.82) is 0 Å². The van der Waals surface area contributed by atoms with E-state index in [4.69, 9.17) is 19.7 Å². The van der Waals surface area contributed by atoms with Crippen LogP contribution in [0.1, 0.15) is 33.4 Å². The van der Waals surface area contributed by atoms with Gasteiger partial charge in [-0.15, -0.1) is 0 Å². The van der Waals surface area contributed by atoms with Crippen molar-refractivity contribution >= 4 is 35.2 Å². The van der Waals surface area contributed by atoms with E-state index in [0.29, 0.717) is 12.2 Å². The van der Waals surface area contributed by atoms with Gasteiger partial charge in [0.2, 0.25) is 0 Å². The minimum atomic E-state index is -1.26. The van der Waals surface area contributed by atoms with Crippen molar-refractivity contribution in [3.8, 4) is 23.0 Å². The summed E-state index contributed by atoms with van der Waals surface area (Å²) in [5.74, 6) is 1.16. The number of carboxylic acids is 2. The van der Waals surface area contributed by atoms with E-state index in [1.165, 1.54) is 33.4 Å². The molecule has 2 heterocycles. The summed E-state index contributed by atoms with van der Waals surface area (Å²) < 4.78 is 12.3. The van der Waals surface area contributed by atoms with E-state index in [0.717, 1.165) is 60.3 Å². The molecule has 2 aliphatic heterocycles. The maximum atomic E-state index is 9.55. The lowest BCUT2D eigenvalue weighted by atomic mass is 10.0. The lowest BCUT2D eigenvalue weighted by molar-refractivity contribution is -0.134. The first-order valence-electron chi connectivity index (χ1n) is 18.9. The number of ether oxygens (including phenoxy) is 2. The summed E-state index contributed by atoms with van der Waals surface area (Å²) in [4.78, 5) is 23.8. The van der Waals surface area contributed by atoms with Gasteiger partial charge in [0.05, 0.1) is 0 Å². The number of aliphatic carboxylic acids is 2. The van der Waals surface area contributed by atoms with Crippen molar-refractivity contribution in [2.24, 2.45) is 0 Å². The van der Waals surface area contributed by atoms with Gasteiger partial charge in [-0.1, -0.05) is 133 Å². The van der Waals surface area contributed by atoms with Crippen LogP contribution in [0.25, 0.3) is 23.3 Å². The second-order valence-electron chi connectivity index (χ2n) is 13.9. The summed E-state index contributed by atoms with van der Waals surface area (Å²) >= 11 is 0. The largest absolute Gasteiger partial charge is 0.478 e. The fraction of sp³-hybridized carbons (Fsp3) is 0.120. The van der Waals surface area contributed by atoms with Crippen LogP contribution in [0.15, 0.2) is 170 Å². The molecule has 292 valence electrons. The summed E-state index contributed by atoms with van der Waals surface area (Å²) in [5.41, 5.74) is 9.78. The van der Waals surface area contributed by atoms with Gasteiger partial charge in [-0.2, -0.15) is 0 Å². The number of benzene rings is 6. The van der Waals surface area contributed by atoms with E-state index in [1.54, 1.807) is 0 Å². The standard InChI is InChI=1S/2C23H21NO.C4H4O4/c2*1-24(16-18-9-3-2-4-10-18)17-20-15-19-11-5-7-13-22(19)25-23-14-8-6-12-21(20)23;5-3(6)1-2-4(7)8/h2*2-15H,16-17H2,1H3;1-2H,(H,5,6)(H,7,8)/b;;2-1-. The number of carbonyl (C=O) groups is 2. The summed E-state index contributed by atoms with van der Waals surface area (Å²) in [6.45, 7) is 3.57. The fourth-order valence-corrected chi connectivity index (χ4v) is 6.68. The molecule has 0 aliphatic carbocycles. The van der Waals surface area contributed by atoms with Crippen LogP contribution >= 0.6 is 0 Å². The number of para-hydroxylation sites is 4. The second-order valence-corrected chi connectivity index (χ2v) is 13.9. The molecule has 0 saturated heterocycles. The predicted octanol–water partition coefficient (Wildman–Crippen LogP) is 10.6. The quantitative estimate of drug-likeness (QED) is 0.133. The van der Waals surface area contributed by atoms with Gasteiger partial charge >= 0.3 is 11.9 Å². The Morgan fingerprint density at radius 2 is 0.776 bits per heavy atom. The predicted molar refractivity (Wildman–Crippen MR) is 232 cm³/mol. The highest BCUT2D eigenvalue weighted by atomic mass is 16.5. The third-order valence-electron chi connectivity index (χ3n) is 9.24. The number of carboxylic acid groups (broad SMARTS) is 2. The van der Waals surface area contributed by atoms with Gasteiger partial charge in [0, 0.05) is 60.6 Å². The van der Waals surface area contributed by atoms with Gasteiger partial charge in [-0.3, -0.25) is 9.80 Å². The molecule has 0 atom stereocenters. The van der Waals surface area contributed by atoms with Crippen LogP contribution in [-0.4, -0.2) is 59.1 Å². The van der Waals surface area contributed by atoms with E-state index in [9.17, 15) is 9.59 Å². The van der Waals surface area contributed by atoms with Crippen molar-refractivity contribution in [2.75, 3.05) is 27.2 Å². The van der Waals surface area contributed by atoms with E-state index < -0.39 is 11.9 Å². The molecule has 58 heavy (non-hydrogen) atoms. The molecule has 0 unspecified atom stereocenters. The van der Waals surface area contributed by atoms with E-state index in [-0.39, 0.29) is 0 Å². The van der Waals surface area contributed by atoms with Gasteiger partial charge in [0.1, 0.15) is 23.0 Å². The third kappa shape index (κ3) is 11.8. The van der Waals surface area contributed by atoms with Crippen LogP contribution < -0.4 is 9.47 Å². The number of fused-ring (bicyclic) bond motifs is 4. The van der Waals surface area contributed by atoms with Gasteiger partial charge < -0.3 is 19.7 Å². The highest BCUT2D eigenvalue weighted by Crippen LogP contribution is 2.39. The smallest absolute Gasteiger partial charge is 0.328 e. The molecular weight excluding hydrogens is 725 g/mol. The first-order valence-corrected chi connectivity index (χ1v) is 18.9. The van der Waals surface area contributed by atoms with Gasteiger partial charge in [0.25, 0.3) is 0 Å². The van der Waals surface area contributed by atoms with Crippen LogP contribution in [0.4, 0.5) is 0 Å². The van der Waals surface area contributed by atoms with Crippen LogP contribution in [-0.2, 0) is 22.7 Å². The van der Waals surface area contributed by atoms with E-state index >= 15 is 0 Å². The zero-order valence-corrected chi connectivity index (χ0v) is 32.6. The van der Waals surface area contributed by atoms with Gasteiger partial charge in [-0.05, 0) is 72.8 Å². The molecule has 0 radical (unpaired) electrons. The maximum absolute atomic E-state index is 9.55. The summed E-state index contributed by atoms with van der Waals surface area (Å²) in [7, 11) is 4.32. The van der Waals surface area contributed by atoms with Crippen LogP contribution in [0, 0.1) is 0 Å². The highest BCUT2D eigenvalue weighted by Gasteiger charge is 2.19. The summed E-state index contributed by atoms with van der Waals surface area (Å²) in [6.07, 6.45) is 5.62. The Bertz CT molecular complexity index is 2240. The maximum Gasteiger partial charge on any atom is 0.328 e. The van der Waals surface area contributed by atoms with Crippen LogP contribution in [0.3, 0.4) is 0 Å². The van der Waals surface area contributed by atoms with Crippen molar-refractivity contribution in [3.63, 3.8) is 0 Å². The first-order chi connectivity index (χ1) is 28.2. The zero-order valence-electron chi connectivity index (χ0n) is 32.6. The second kappa shape index (κ2) is 20.2. The molecular formula is C50H46N2O6. The molecule has 0 aromatic heterocycles. The average molecular weight is 771 g/mol. The van der Waals surface area contributed by atoms with Crippen LogP contribution in [0.2, 0.25) is 0 Å². The Hall–Kier alpha value is -7.00. The third-order valence-corrected chi connectivity index (χ3v) is 9.24. The molecule has 6 aromatic carbocycles. The SMILES string of the molecule is CN(CC1=Cc2ccccc2Oc2ccccc21)Cc1ccccc1.CN(CC1=Cc2ccccc2Oc2ccccc21)Cc1ccccc1.O=C(O)/C=C\C(=O)O. The monoisotopic (exact) mass is 770 g/mol. The molecule has 8 rings (SSSR count). The lowest BCUT2D eigenvalue weighted by Crippen LogP contribution is -2.20. The molecule has 0 spiro atoms. The lowest BCUT2D eigenvalue weighted by Gasteiger charge is -2.19. The van der Waals surface area contributed by atoms with E-state index in [1.807, 2.05) is 48.5 Å². The molecule has 0 fully saturated rings. The first kappa shape index (κ1) is 40.7. The number of hydrogen-bond acceptors (Lipinski definition) is 6. The number of hydrogen-bond donors (Lipinski definition) is 2. The Morgan fingerprint density at radius 3 is 1.16 bits per heavy atom. The van der Waals surface area contributed by atoms with Crippen molar-refractivity contribution < 1.29 is 29.3 Å². The number of rotatable bonds is 10. The fourth-order valence-electron chi connectivity index (χ4n) is 6.68.